The molecule has 3 heterocycles. The Labute approximate surface area is 209 Å². The van der Waals surface area contributed by atoms with Gasteiger partial charge in [-0.15, -0.1) is 11.3 Å². The minimum absolute atomic E-state index is 0.242. The minimum atomic E-state index is -0.500. The molecule has 0 spiro atoms. The Balaban J connectivity index is 1.39. The molecule has 0 aliphatic carbocycles. The summed E-state index contributed by atoms with van der Waals surface area (Å²) in [4.78, 5) is 32.5. The molecule has 1 aromatic carbocycles. The Kier molecular flexibility index (Phi) is 7.11. The molecule has 2 N–H and O–H groups in total. The number of hydrogen-bond donors (Lipinski definition) is 2. The van der Waals surface area contributed by atoms with Gasteiger partial charge in [0, 0.05) is 49.0 Å². The number of thiazole rings is 1. The van der Waals surface area contributed by atoms with Crippen molar-refractivity contribution in [2.24, 2.45) is 13.0 Å². The number of amides is 2. The summed E-state index contributed by atoms with van der Waals surface area (Å²) in [5.41, 5.74) is 2.65. The second-order valence-corrected chi connectivity index (χ2v) is 11.0. The molecule has 3 aromatic rings. The van der Waals surface area contributed by atoms with Crippen molar-refractivity contribution in [1.29, 1.82) is 0 Å². The van der Waals surface area contributed by atoms with E-state index in [-0.39, 0.29) is 12.0 Å². The SMILES string of the molecule is Cc1sc(-c2cccc(N3CC[C@H](CNC(=O)OC(C)(C)C)C3)c2)nc1C(=O)Nc1cnn(C)c1. The maximum absolute atomic E-state index is 12.7. The molecule has 4 rings (SSSR count). The lowest BCUT2D eigenvalue weighted by Gasteiger charge is -2.21. The van der Waals surface area contributed by atoms with E-state index in [1.807, 2.05) is 39.8 Å². The van der Waals surface area contributed by atoms with Crippen LogP contribution in [0, 0.1) is 12.8 Å². The Bertz CT molecular complexity index is 1210. The van der Waals surface area contributed by atoms with Crippen LogP contribution in [0.2, 0.25) is 0 Å². The van der Waals surface area contributed by atoms with Gasteiger partial charge in [-0.05, 0) is 52.2 Å². The third-order valence-electron chi connectivity index (χ3n) is 5.65. The largest absolute Gasteiger partial charge is 0.444 e. The molecule has 186 valence electrons. The van der Waals surface area contributed by atoms with Gasteiger partial charge in [0.2, 0.25) is 0 Å². The molecule has 0 radical (unpaired) electrons. The van der Waals surface area contributed by atoms with Crippen molar-refractivity contribution in [3.05, 3.63) is 47.2 Å². The van der Waals surface area contributed by atoms with Gasteiger partial charge < -0.3 is 20.3 Å². The number of ether oxygens (including phenoxy) is 1. The van der Waals surface area contributed by atoms with Crippen molar-refractivity contribution in [2.75, 3.05) is 29.9 Å². The van der Waals surface area contributed by atoms with Crippen LogP contribution in [0.4, 0.5) is 16.2 Å². The third-order valence-corrected chi connectivity index (χ3v) is 6.67. The molecule has 1 fully saturated rings. The first-order valence-corrected chi connectivity index (χ1v) is 12.5. The highest BCUT2D eigenvalue weighted by Crippen LogP contribution is 2.32. The lowest BCUT2D eigenvalue weighted by molar-refractivity contribution is 0.0520. The summed E-state index contributed by atoms with van der Waals surface area (Å²) in [6.07, 6.45) is 3.97. The second-order valence-electron chi connectivity index (χ2n) is 9.81. The predicted molar refractivity (Wildman–Crippen MR) is 138 cm³/mol. The van der Waals surface area contributed by atoms with Gasteiger partial charge in [-0.2, -0.15) is 5.10 Å². The maximum Gasteiger partial charge on any atom is 0.407 e. The highest BCUT2D eigenvalue weighted by molar-refractivity contribution is 7.15. The summed E-state index contributed by atoms with van der Waals surface area (Å²) in [6.45, 7) is 9.84. The predicted octanol–water partition coefficient (Wildman–Crippen LogP) is 4.46. The minimum Gasteiger partial charge on any atom is -0.444 e. The fraction of sp³-hybridized carbons (Fsp3) is 0.440. The summed E-state index contributed by atoms with van der Waals surface area (Å²) >= 11 is 1.51. The normalized spacial score (nSPS) is 15.8. The highest BCUT2D eigenvalue weighted by atomic mass is 32.1. The van der Waals surface area contributed by atoms with Gasteiger partial charge in [-0.1, -0.05) is 12.1 Å². The van der Waals surface area contributed by atoms with E-state index >= 15 is 0 Å². The molecule has 1 aliphatic rings. The summed E-state index contributed by atoms with van der Waals surface area (Å²) in [6, 6.07) is 8.24. The summed E-state index contributed by atoms with van der Waals surface area (Å²) in [7, 11) is 1.80. The van der Waals surface area contributed by atoms with E-state index < -0.39 is 5.60 Å². The van der Waals surface area contributed by atoms with Crippen LogP contribution in [-0.4, -0.2) is 52.0 Å². The molecule has 1 atom stereocenters. The van der Waals surface area contributed by atoms with Crippen molar-refractivity contribution in [2.45, 2.75) is 39.7 Å². The van der Waals surface area contributed by atoms with Crippen molar-refractivity contribution in [3.63, 3.8) is 0 Å². The van der Waals surface area contributed by atoms with Gasteiger partial charge in [-0.3, -0.25) is 9.48 Å². The van der Waals surface area contributed by atoms with Crippen LogP contribution in [0.15, 0.2) is 36.7 Å². The summed E-state index contributed by atoms with van der Waals surface area (Å²) in [5, 5.41) is 10.6. The van der Waals surface area contributed by atoms with Crippen molar-refractivity contribution in [1.82, 2.24) is 20.1 Å². The number of hydrogen-bond acceptors (Lipinski definition) is 7. The standard InChI is InChI=1S/C25H32N6O3S/c1-16-21(22(32)28-19-13-27-30(5)15-19)29-23(35-16)18-7-6-8-20(11-18)31-10-9-17(14-31)12-26-24(33)34-25(2,3)4/h6-8,11,13,15,17H,9-10,12,14H2,1-5H3,(H,26,33)(H,28,32)/t17-/m1/s1. The fourth-order valence-electron chi connectivity index (χ4n) is 4.02. The van der Waals surface area contributed by atoms with E-state index in [1.54, 1.807) is 24.1 Å². The van der Waals surface area contributed by atoms with Gasteiger partial charge >= 0.3 is 6.09 Å². The van der Waals surface area contributed by atoms with E-state index in [0.29, 0.717) is 23.8 Å². The fourth-order valence-corrected chi connectivity index (χ4v) is 4.92. The van der Waals surface area contributed by atoms with E-state index in [9.17, 15) is 9.59 Å². The maximum atomic E-state index is 12.7. The van der Waals surface area contributed by atoms with Crippen LogP contribution >= 0.6 is 11.3 Å². The Morgan fingerprint density at radius 1 is 1.29 bits per heavy atom. The number of aryl methyl sites for hydroxylation is 2. The van der Waals surface area contributed by atoms with Gasteiger partial charge in [0.25, 0.3) is 5.91 Å². The van der Waals surface area contributed by atoms with E-state index in [0.717, 1.165) is 40.6 Å². The van der Waals surface area contributed by atoms with E-state index in [1.165, 1.54) is 11.3 Å². The van der Waals surface area contributed by atoms with Crippen LogP contribution < -0.4 is 15.5 Å². The zero-order valence-corrected chi connectivity index (χ0v) is 21.6. The van der Waals surface area contributed by atoms with Crippen molar-refractivity contribution < 1.29 is 14.3 Å². The lowest BCUT2D eigenvalue weighted by Crippen LogP contribution is -2.36. The quantitative estimate of drug-likeness (QED) is 0.523. The zero-order valence-electron chi connectivity index (χ0n) is 20.8. The number of aromatic nitrogens is 3. The smallest absolute Gasteiger partial charge is 0.407 e. The van der Waals surface area contributed by atoms with Gasteiger partial charge in [0.15, 0.2) is 0 Å². The zero-order chi connectivity index (χ0) is 25.2. The second kappa shape index (κ2) is 10.1. The van der Waals surface area contributed by atoms with Gasteiger partial charge in [0.1, 0.15) is 16.3 Å². The number of carbonyl (C=O) groups is 2. The molecule has 35 heavy (non-hydrogen) atoms. The number of anilines is 2. The molecular weight excluding hydrogens is 464 g/mol. The molecule has 10 heteroatoms. The Hall–Kier alpha value is -3.40. The molecule has 0 unspecified atom stereocenters. The van der Waals surface area contributed by atoms with E-state index in [2.05, 4.69) is 37.7 Å². The molecule has 9 nitrogen and oxygen atoms in total. The topological polar surface area (TPSA) is 101 Å². The number of nitrogens with zero attached hydrogens (tertiary/aromatic N) is 4. The average molecular weight is 497 g/mol. The summed E-state index contributed by atoms with van der Waals surface area (Å²) in [5.74, 6) is 0.116. The van der Waals surface area contributed by atoms with Crippen LogP contribution in [0.25, 0.3) is 10.6 Å². The van der Waals surface area contributed by atoms with Crippen LogP contribution in [0.5, 0.6) is 0 Å². The number of benzene rings is 1. The molecule has 1 saturated heterocycles. The number of carbonyl (C=O) groups excluding carboxylic acids is 2. The molecular formula is C25H32N6O3S. The average Bonchev–Trinajstić information content (AvgIpc) is 3.51. The third kappa shape index (κ3) is 6.39. The van der Waals surface area contributed by atoms with Crippen molar-refractivity contribution >= 4 is 34.7 Å². The van der Waals surface area contributed by atoms with Crippen molar-refractivity contribution in [3.8, 4) is 10.6 Å². The first-order valence-electron chi connectivity index (χ1n) is 11.7. The number of rotatable bonds is 6. The van der Waals surface area contributed by atoms with Crippen LogP contribution in [0.1, 0.15) is 42.6 Å². The van der Waals surface area contributed by atoms with E-state index in [4.69, 9.17) is 4.74 Å². The Morgan fingerprint density at radius 3 is 2.80 bits per heavy atom. The number of nitrogens with one attached hydrogen (secondary N) is 2. The Morgan fingerprint density at radius 2 is 2.09 bits per heavy atom. The summed E-state index contributed by atoms with van der Waals surface area (Å²) < 4.78 is 6.97. The molecule has 1 aliphatic heterocycles. The lowest BCUT2D eigenvalue weighted by atomic mass is 10.1. The van der Waals surface area contributed by atoms with Gasteiger partial charge in [0.05, 0.1) is 11.9 Å². The molecule has 0 saturated carbocycles. The highest BCUT2D eigenvalue weighted by Gasteiger charge is 2.25. The number of alkyl carbamates (subject to hydrolysis) is 1. The van der Waals surface area contributed by atoms with Crippen LogP contribution in [-0.2, 0) is 11.8 Å². The first kappa shape index (κ1) is 24.7. The monoisotopic (exact) mass is 496 g/mol. The molecule has 0 bridgehead atoms. The molecule has 2 aromatic heterocycles. The van der Waals surface area contributed by atoms with Gasteiger partial charge in [-0.25, -0.2) is 9.78 Å². The molecule has 2 amide bonds. The first-order chi connectivity index (χ1) is 16.6. The van der Waals surface area contributed by atoms with Crippen LogP contribution in [0.3, 0.4) is 0 Å².